The summed E-state index contributed by atoms with van der Waals surface area (Å²) in [6.07, 6.45) is 0.350. The summed E-state index contributed by atoms with van der Waals surface area (Å²) < 4.78 is 6.22. The summed E-state index contributed by atoms with van der Waals surface area (Å²) in [6.45, 7) is 0.317. The van der Waals surface area contributed by atoms with E-state index in [4.69, 9.17) is 27.3 Å². The standard InChI is InChI=1S/C9H10BrClN2O2/c10-6-1-2-8(7(11)5-6)15-4-3-9(12)13-14/h1-2,5,14H,3-4H2,(H2,12,13). The van der Waals surface area contributed by atoms with Gasteiger partial charge in [-0.15, -0.1) is 0 Å². The molecule has 0 aliphatic carbocycles. The maximum Gasteiger partial charge on any atom is 0.142 e. The van der Waals surface area contributed by atoms with E-state index in [-0.39, 0.29) is 5.84 Å². The van der Waals surface area contributed by atoms with Crippen molar-refractivity contribution in [3.05, 3.63) is 27.7 Å². The Morgan fingerprint density at radius 2 is 2.33 bits per heavy atom. The molecule has 0 bridgehead atoms. The molecule has 0 aliphatic heterocycles. The van der Waals surface area contributed by atoms with Crippen LogP contribution < -0.4 is 10.5 Å². The fraction of sp³-hybridized carbons (Fsp3) is 0.222. The molecule has 0 aliphatic rings. The molecule has 1 aromatic carbocycles. The largest absolute Gasteiger partial charge is 0.492 e. The molecule has 0 amide bonds. The van der Waals surface area contributed by atoms with Gasteiger partial charge in [0.05, 0.1) is 11.6 Å². The lowest BCUT2D eigenvalue weighted by atomic mass is 10.3. The van der Waals surface area contributed by atoms with E-state index in [0.29, 0.717) is 23.8 Å². The van der Waals surface area contributed by atoms with Gasteiger partial charge in [0.15, 0.2) is 0 Å². The Bertz CT molecular complexity index is 371. The number of ether oxygens (including phenoxy) is 1. The zero-order valence-electron chi connectivity index (χ0n) is 7.78. The van der Waals surface area contributed by atoms with Crippen LogP contribution in [0.5, 0.6) is 5.75 Å². The van der Waals surface area contributed by atoms with Crippen LogP contribution in [0.2, 0.25) is 5.02 Å². The van der Waals surface area contributed by atoms with E-state index >= 15 is 0 Å². The molecule has 0 heterocycles. The van der Waals surface area contributed by atoms with Gasteiger partial charge < -0.3 is 15.7 Å². The van der Waals surface area contributed by atoms with E-state index in [2.05, 4.69) is 21.1 Å². The van der Waals surface area contributed by atoms with E-state index in [9.17, 15) is 0 Å². The summed E-state index contributed by atoms with van der Waals surface area (Å²) in [5.41, 5.74) is 5.28. The van der Waals surface area contributed by atoms with Gasteiger partial charge in [0.1, 0.15) is 11.6 Å². The first-order chi connectivity index (χ1) is 7.13. The molecule has 6 heteroatoms. The maximum atomic E-state index is 8.30. The second-order valence-electron chi connectivity index (χ2n) is 2.76. The fourth-order valence-corrected chi connectivity index (χ4v) is 1.64. The smallest absolute Gasteiger partial charge is 0.142 e. The van der Waals surface area contributed by atoms with E-state index in [1.54, 1.807) is 12.1 Å². The summed E-state index contributed by atoms with van der Waals surface area (Å²) in [7, 11) is 0. The molecule has 4 nitrogen and oxygen atoms in total. The highest BCUT2D eigenvalue weighted by atomic mass is 79.9. The topological polar surface area (TPSA) is 67.8 Å². The minimum Gasteiger partial charge on any atom is -0.492 e. The Labute approximate surface area is 101 Å². The average molecular weight is 294 g/mol. The summed E-state index contributed by atoms with van der Waals surface area (Å²) in [5, 5.41) is 11.6. The van der Waals surface area contributed by atoms with Crippen LogP contribution in [0.4, 0.5) is 0 Å². The molecule has 0 saturated carbocycles. The quantitative estimate of drug-likeness (QED) is 0.388. The molecular formula is C9H10BrClN2O2. The van der Waals surface area contributed by atoms with Gasteiger partial charge in [-0.25, -0.2) is 0 Å². The zero-order chi connectivity index (χ0) is 11.3. The van der Waals surface area contributed by atoms with Crippen molar-refractivity contribution < 1.29 is 9.94 Å². The van der Waals surface area contributed by atoms with Crippen molar-refractivity contribution in [3.63, 3.8) is 0 Å². The minimum absolute atomic E-state index is 0.128. The van der Waals surface area contributed by atoms with Crippen LogP contribution in [-0.4, -0.2) is 17.6 Å². The summed E-state index contributed by atoms with van der Waals surface area (Å²) >= 11 is 9.20. The number of halogens is 2. The van der Waals surface area contributed by atoms with Crippen molar-refractivity contribution >= 4 is 33.4 Å². The van der Waals surface area contributed by atoms with Crippen molar-refractivity contribution in [1.82, 2.24) is 0 Å². The molecule has 1 aromatic rings. The van der Waals surface area contributed by atoms with Crippen molar-refractivity contribution in [2.75, 3.05) is 6.61 Å². The van der Waals surface area contributed by atoms with Crippen molar-refractivity contribution in [1.29, 1.82) is 0 Å². The summed E-state index contributed by atoms with van der Waals surface area (Å²) in [6, 6.07) is 5.31. The lowest BCUT2D eigenvalue weighted by molar-refractivity contribution is 0.305. The monoisotopic (exact) mass is 292 g/mol. The number of hydrogen-bond donors (Lipinski definition) is 2. The minimum atomic E-state index is 0.128. The average Bonchev–Trinajstić information content (AvgIpc) is 2.21. The Morgan fingerprint density at radius 1 is 1.60 bits per heavy atom. The number of rotatable bonds is 4. The molecule has 1 rings (SSSR count). The van der Waals surface area contributed by atoms with Gasteiger partial charge in [0, 0.05) is 10.9 Å². The highest BCUT2D eigenvalue weighted by Crippen LogP contribution is 2.27. The normalized spacial score (nSPS) is 11.5. The molecule has 0 atom stereocenters. The van der Waals surface area contributed by atoms with Gasteiger partial charge >= 0.3 is 0 Å². The second kappa shape index (κ2) is 5.82. The van der Waals surface area contributed by atoms with Crippen LogP contribution in [0.25, 0.3) is 0 Å². The van der Waals surface area contributed by atoms with Gasteiger partial charge in [0.2, 0.25) is 0 Å². The number of nitrogens with zero attached hydrogens (tertiary/aromatic N) is 1. The van der Waals surface area contributed by atoms with E-state index in [0.717, 1.165) is 4.47 Å². The number of nitrogens with two attached hydrogens (primary N) is 1. The highest BCUT2D eigenvalue weighted by Gasteiger charge is 2.02. The van der Waals surface area contributed by atoms with Gasteiger partial charge in [0.25, 0.3) is 0 Å². The molecule has 0 unspecified atom stereocenters. The predicted molar refractivity (Wildman–Crippen MR) is 62.7 cm³/mol. The fourth-order valence-electron chi connectivity index (χ4n) is 0.908. The summed E-state index contributed by atoms with van der Waals surface area (Å²) in [4.78, 5) is 0. The first-order valence-corrected chi connectivity index (χ1v) is 5.35. The lowest BCUT2D eigenvalue weighted by Crippen LogP contribution is -2.15. The van der Waals surface area contributed by atoms with Gasteiger partial charge in [-0.2, -0.15) is 0 Å². The Hall–Kier alpha value is -0.940. The third kappa shape index (κ3) is 3.97. The Morgan fingerprint density at radius 3 is 2.93 bits per heavy atom. The first-order valence-electron chi connectivity index (χ1n) is 4.17. The number of benzene rings is 1. The van der Waals surface area contributed by atoms with Crippen molar-refractivity contribution in [3.8, 4) is 5.75 Å². The van der Waals surface area contributed by atoms with Crippen molar-refractivity contribution in [2.24, 2.45) is 10.9 Å². The van der Waals surface area contributed by atoms with Crippen LogP contribution in [0.3, 0.4) is 0 Å². The molecule has 0 aromatic heterocycles. The summed E-state index contributed by atoms with van der Waals surface area (Å²) in [5.74, 6) is 0.703. The molecule has 0 radical (unpaired) electrons. The molecule has 3 N–H and O–H groups in total. The van der Waals surface area contributed by atoms with Crippen LogP contribution in [0.15, 0.2) is 27.8 Å². The number of amidine groups is 1. The third-order valence-electron chi connectivity index (χ3n) is 1.64. The van der Waals surface area contributed by atoms with Crippen LogP contribution in [0.1, 0.15) is 6.42 Å². The van der Waals surface area contributed by atoms with Gasteiger partial charge in [-0.05, 0) is 18.2 Å². The first kappa shape index (κ1) is 12.1. The maximum absolute atomic E-state index is 8.30. The molecule has 82 valence electrons. The van der Waals surface area contributed by atoms with Gasteiger partial charge in [-0.1, -0.05) is 32.7 Å². The SMILES string of the molecule is N/C(CCOc1ccc(Br)cc1Cl)=N\O. The second-order valence-corrected chi connectivity index (χ2v) is 4.09. The van der Waals surface area contributed by atoms with Crippen LogP contribution >= 0.6 is 27.5 Å². The van der Waals surface area contributed by atoms with Crippen molar-refractivity contribution in [2.45, 2.75) is 6.42 Å². The zero-order valence-corrected chi connectivity index (χ0v) is 10.1. The molecule has 0 fully saturated rings. The van der Waals surface area contributed by atoms with Gasteiger partial charge in [-0.3, -0.25) is 0 Å². The van der Waals surface area contributed by atoms with E-state index < -0.39 is 0 Å². The molecule has 0 saturated heterocycles. The van der Waals surface area contributed by atoms with Crippen LogP contribution in [0, 0.1) is 0 Å². The predicted octanol–water partition coefficient (Wildman–Crippen LogP) is 2.62. The highest BCUT2D eigenvalue weighted by molar-refractivity contribution is 9.10. The lowest BCUT2D eigenvalue weighted by Gasteiger charge is -2.07. The van der Waals surface area contributed by atoms with E-state index in [1.807, 2.05) is 6.07 Å². The third-order valence-corrected chi connectivity index (χ3v) is 2.43. The Kier molecular flexibility index (Phi) is 4.71. The van der Waals surface area contributed by atoms with Crippen LogP contribution in [-0.2, 0) is 0 Å². The van der Waals surface area contributed by atoms with E-state index in [1.165, 1.54) is 0 Å². The molecule has 0 spiro atoms. The number of oxime groups is 1. The number of hydrogen-bond acceptors (Lipinski definition) is 3. The molecule has 15 heavy (non-hydrogen) atoms. The Balaban J connectivity index is 2.51. The molecular weight excluding hydrogens is 283 g/mol.